The van der Waals surface area contributed by atoms with Crippen LogP contribution in [0, 0.1) is 6.92 Å². The molecule has 6 aromatic rings. The third-order valence-electron chi connectivity index (χ3n) is 6.47. The van der Waals surface area contributed by atoms with Crippen LogP contribution >= 0.6 is 0 Å². The highest BCUT2D eigenvalue weighted by molar-refractivity contribution is 6.10. The number of pyridine rings is 2. The maximum absolute atomic E-state index is 4.92. The second kappa shape index (κ2) is 9.00. The third-order valence-corrected chi connectivity index (χ3v) is 6.47. The minimum absolute atomic E-state index is 0.969. The SMILES string of the molecule is Cc1ccc(-c2ccc(-c3cccc(-c4ccccn4)c3)c3c(-c4ccccc4)ccnc23)cc1. The number of nitrogens with zero attached hydrogens (tertiary/aromatic N) is 2. The number of hydrogen-bond donors (Lipinski definition) is 0. The number of fused-ring (bicyclic) bond motifs is 1. The molecule has 0 aliphatic rings. The molecule has 0 unspecified atom stereocenters. The summed E-state index contributed by atoms with van der Waals surface area (Å²) in [6.45, 7) is 2.12. The summed E-state index contributed by atoms with van der Waals surface area (Å²) >= 11 is 0. The van der Waals surface area contributed by atoms with E-state index >= 15 is 0 Å². The van der Waals surface area contributed by atoms with Gasteiger partial charge in [-0.1, -0.05) is 96.6 Å². The zero-order chi connectivity index (χ0) is 23.6. The van der Waals surface area contributed by atoms with E-state index in [0.29, 0.717) is 0 Å². The zero-order valence-corrected chi connectivity index (χ0v) is 19.5. The Labute approximate surface area is 205 Å². The summed E-state index contributed by atoms with van der Waals surface area (Å²) in [4.78, 5) is 9.48. The fraction of sp³-hybridized carbons (Fsp3) is 0.0303. The van der Waals surface area contributed by atoms with Crippen molar-refractivity contribution in [2.45, 2.75) is 6.92 Å². The fourth-order valence-corrected chi connectivity index (χ4v) is 4.71. The highest BCUT2D eigenvalue weighted by atomic mass is 14.7. The maximum atomic E-state index is 4.92. The van der Waals surface area contributed by atoms with E-state index in [1.165, 1.54) is 27.8 Å². The molecule has 0 radical (unpaired) electrons. The Hall–Kier alpha value is -4.56. The Kier molecular flexibility index (Phi) is 5.40. The van der Waals surface area contributed by atoms with Gasteiger partial charge in [0.15, 0.2) is 0 Å². The molecule has 0 bridgehead atoms. The van der Waals surface area contributed by atoms with Gasteiger partial charge in [0, 0.05) is 28.9 Å². The molecule has 0 spiro atoms. The van der Waals surface area contributed by atoms with E-state index in [4.69, 9.17) is 4.98 Å². The molecule has 2 heterocycles. The van der Waals surface area contributed by atoms with Crippen LogP contribution < -0.4 is 0 Å². The molecule has 0 saturated heterocycles. The lowest BCUT2D eigenvalue weighted by Gasteiger charge is -2.16. The maximum Gasteiger partial charge on any atom is 0.0792 e. The van der Waals surface area contributed by atoms with Crippen molar-refractivity contribution in [3.63, 3.8) is 0 Å². The summed E-state index contributed by atoms with van der Waals surface area (Å²) in [7, 11) is 0. The largest absolute Gasteiger partial charge is 0.256 e. The Bertz CT molecular complexity index is 1620. The molecule has 0 aliphatic heterocycles. The number of hydrogen-bond acceptors (Lipinski definition) is 2. The van der Waals surface area contributed by atoms with Crippen LogP contribution in [0.3, 0.4) is 0 Å². The van der Waals surface area contributed by atoms with Gasteiger partial charge in [-0.25, -0.2) is 0 Å². The van der Waals surface area contributed by atoms with Gasteiger partial charge in [0.05, 0.1) is 11.2 Å². The first-order valence-corrected chi connectivity index (χ1v) is 11.8. The van der Waals surface area contributed by atoms with Crippen molar-refractivity contribution in [3.05, 3.63) is 133 Å². The van der Waals surface area contributed by atoms with Crippen molar-refractivity contribution < 1.29 is 0 Å². The molecule has 0 N–H and O–H groups in total. The minimum atomic E-state index is 0.969. The predicted molar refractivity (Wildman–Crippen MR) is 146 cm³/mol. The predicted octanol–water partition coefficient (Wildman–Crippen LogP) is 8.61. The van der Waals surface area contributed by atoms with E-state index in [2.05, 4.69) is 115 Å². The van der Waals surface area contributed by atoms with E-state index in [0.717, 1.165) is 33.3 Å². The molecule has 0 fully saturated rings. The first-order valence-electron chi connectivity index (χ1n) is 11.8. The van der Waals surface area contributed by atoms with Gasteiger partial charge in [-0.15, -0.1) is 0 Å². The van der Waals surface area contributed by atoms with Crippen LogP contribution in [0.15, 0.2) is 128 Å². The second-order valence-electron chi connectivity index (χ2n) is 8.77. The van der Waals surface area contributed by atoms with Crippen molar-refractivity contribution in [1.29, 1.82) is 0 Å². The Balaban J connectivity index is 1.63. The van der Waals surface area contributed by atoms with Crippen LogP contribution in [0.2, 0.25) is 0 Å². The van der Waals surface area contributed by atoms with Gasteiger partial charge in [0.2, 0.25) is 0 Å². The van der Waals surface area contributed by atoms with Crippen LogP contribution in [0.5, 0.6) is 0 Å². The fourth-order valence-electron chi connectivity index (χ4n) is 4.71. The average molecular weight is 449 g/mol. The standard InChI is InChI=1S/C33H24N2/c1-23-13-15-25(16-14-23)30-18-17-28(26-10-7-11-27(22-26)31-12-5-6-20-34-31)32-29(19-21-35-33(30)32)24-8-3-2-4-9-24/h2-22H,1H3. The molecule has 35 heavy (non-hydrogen) atoms. The molecule has 6 rings (SSSR count). The zero-order valence-electron chi connectivity index (χ0n) is 19.5. The van der Waals surface area contributed by atoms with E-state index in [9.17, 15) is 0 Å². The normalized spacial score (nSPS) is 11.0. The molecular formula is C33H24N2. The Morgan fingerprint density at radius 2 is 1.14 bits per heavy atom. The summed E-state index contributed by atoms with van der Waals surface area (Å²) < 4.78 is 0. The van der Waals surface area contributed by atoms with Crippen LogP contribution in [-0.2, 0) is 0 Å². The topological polar surface area (TPSA) is 25.8 Å². The lowest BCUT2D eigenvalue weighted by atomic mass is 9.89. The number of aromatic nitrogens is 2. The lowest BCUT2D eigenvalue weighted by molar-refractivity contribution is 1.33. The van der Waals surface area contributed by atoms with E-state index in [-0.39, 0.29) is 0 Å². The highest BCUT2D eigenvalue weighted by Crippen LogP contribution is 2.40. The molecular weight excluding hydrogens is 424 g/mol. The summed E-state index contributed by atoms with van der Waals surface area (Å²) in [6, 6.07) is 40.5. The first-order chi connectivity index (χ1) is 17.3. The summed E-state index contributed by atoms with van der Waals surface area (Å²) in [5.74, 6) is 0. The summed E-state index contributed by atoms with van der Waals surface area (Å²) in [5, 5.41) is 1.16. The second-order valence-corrected chi connectivity index (χ2v) is 8.77. The van der Waals surface area contributed by atoms with Crippen molar-refractivity contribution in [3.8, 4) is 44.6 Å². The van der Waals surface area contributed by atoms with Crippen LogP contribution in [0.25, 0.3) is 55.5 Å². The van der Waals surface area contributed by atoms with E-state index < -0.39 is 0 Å². The molecule has 2 aromatic heterocycles. The molecule has 2 heteroatoms. The highest BCUT2D eigenvalue weighted by Gasteiger charge is 2.16. The molecule has 4 aromatic carbocycles. The molecule has 166 valence electrons. The first kappa shape index (κ1) is 21.0. The van der Waals surface area contributed by atoms with Crippen molar-refractivity contribution >= 4 is 10.9 Å². The van der Waals surface area contributed by atoms with Crippen molar-refractivity contribution in [2.24, 2.45) is 0 Å². The summed E-state index contributed by atoms with van der Waals surface area (Å²) in [5.41, 5.74) is 11.3. The monoisotopic (exact) mass is 448 g/mol. The van der Waals surface area contributed by atoms with Gasteiger partial charge in [0.25, 0.3) is 0 Å². The molecule has 0 saturated carbocycles. The number of rotatable bonds is 4. The van der Waals surface area contributed by atoms with Gasteiger partial charge in [-0.3, -0.25) is 9.97 Å². The van der Waals surface area contributed by atoms with Crippen molar-refractivity contribution in [2.75, 3.05) is 0 Å². The summed E-state index contributed by atoms with van der Waals surface area (Å²) in [6.07, 6.45) is 3.77. The average Bonchev–Trinajstić information content (AvgIpc) is 2.94. The van der Waals surface area contributed by atoms with Gasteiger partial charge in [-0.2, -0.15) is 0 Å². The van der Waals surface area contributed by atoms with Gasteiger partial charge in [0.1, 0.15) is 0 Å². The van der Waals surface area contributed by atoms with Crippen LogP contribution in [0.4, 0.5) is 0 Å². The van der Waals surface area contributed by atoms with Crippen molar-refractivity contribution in [1.82, 2.24) is 9.97 Å². The smallest absolute Gasteiger partial charge is 0.0792 e. The molecule has 0 atom stereocenters. The Morgan fingerprint density at radius 1 is 0.457 bits per heavy atom. The molecule has 0 amide bonds. The van der Waals surface area contributed by atoms with E-state index in [1.807, 2.05) is 24.5 Å². The Morgan fingerprint density at radius 3 is 1.94 bits per heavy atom. The quantitative estimate of drug-likeness (QED) is 0.270. The lowest BCUT2D eigenvalue weighted by Crippen LogP contribution is -1.92. The number of benzene rings is 4. The van der Waals surface area contributed by atoms with E-state index in [1.54, 1.807) is 0 Å². The van der Waals surface area contributed by atoms with Crippen LogP contribution in [-0.4, -0.2) is 9.97 Å². The molecule has 2 nitrogen and oxygen atoms in total. The molecule has 0 aliphatic carbocycles. The van der Waals surface area contributed by atoms with Gasteiger partial charge in [-0.05, 0) is 59.0 Å². The third kappa shape index (κ3) is 4.00. The van der Waals surface area contributed by atoms with Gasteiger partial charge < -0.3 is 0 Å². The number of aryl methyl sites for hydroxylation is 1. The van der Waals surface area contributed by atoms with Gasteiger partial charge >= 0.3 is 0 Å². The van der Waals surface area contributed by atoms with Crippen LogP contribution in [0.1, 0.15) is 5.56 Å². The minimum Gasteiger partial charge on any atom is -0.256 e.